The van der Waals surface area contributed by atoms with Crippen LogP contribution >= 0.6 is 0 Å². The van der Waals surface area contributed by atoms with Gasteiger partial charge < -0.3 is 14.5 Å². The Hall–Kier alpha value is -1.31. The highest BCUT2D eigenvalue weighted by atomic mass is 19.4. The molecule has 0 aliphatic heterocycles. The second kappa shape index (κ2) is 6.23. The summed E-state index contributed by atoms with van der Waals surface area (Å²) in [7, 11) is 4.03. The minimum atomic E-state index is -4.58. The molecule has 0 rings (SSSR count). The molecule has 0 fully saturated rings. The first-order valence-electron chi connectivity index (χ1n) is 5.52. The Morgan fingerprint density at radius 1 is 1.16 bits per heavy atom. The first-order valence-corrected chi connectivity index (χ1v) is 5.52. The average Bonchev–Trinajstić information content (AvgIpc) is 2.24. The van der Waals surface area contributed by atoms with Gasteiger partial charge in [-0.25, -0.2) is 0 Å². The molecule has 2 amide bonds. The van der Waals surface area contributed by atoms with Crippen molar-refractivity contribution in [2.45, 2.75) is 25.6 Å². The summed E-state index contributed by atoms with van der Waals surface area (Å²) in [6, 6.07) is 0. The van der Waals surface area contributed by atoms with Crippen LogP contribution < -0.4 is 0 Å². The van der Waals surface area contributed by atoms with Crippen LogP contribution in [0.3, 0.4) is 0 Å². The molecule has 0 heterocycles. The van der Waals surface area contributed by atoms with Gasteiger partial charge in [0.25, 0.3) is 5.91 Å². The van der Waals surface area contributed by atoms with Crippen LogP contribution in [-0.4, -0.2) is 67.7 Å². The number of likely N-dealkylation sites (N-methyl/N-ethyl adjacent to an activating group) is 1. The van der Waals surface area contributed by atoms with Gasteiger partial charge in [0, 0.05) is 21.2 Å². The second-order valence-electron chi connectivity index (χ2n) is 4.78. The number of ether oxygens (including phenoxy) is 1. The number of carbonyl (C=O) groups excluding carboxylic acids is 2. The van der Waals surface area contributed by atoms with Crippen LogP contribution in [0.15, 0.2) is 0 Å². The Balaban J connectivity index is 5.07. The minimum Gasteiger partial charge on any atom is -0.369 e. The molecule has 0 N–H and O–H groups in total. The zero-order valence-corrected chi connectivity index (χ0v) is 11.7. The van der Waals surface area contributed by atoms with Crippen molar-refractivity contribution >= 4 is 11.8 Å². The summed E-state index contributed by atoms with van der Waals surface area (Å²) < 4.78 is 42.2. The summed E-state index contributed by atoms with van der Waals surface area (Å²) in [5, 5.41) is 0. The van der Waals surface area contributed by atoms with E-state index in [0.29, 0.717) is 4.90 Å². The molecule has 0 saturated heterocycles. The molecular formula is C11H19F3N2O3. The van der Waals surface area contributed by atoms with Crippen LogP contribution in [-0.2, 0) is 14.3 Å². The van der Waals surface area contributed by atoms with Gasteiger partial charge in [-0.3, -0.25) is 9.59 Å². The number of rotatable bonds is 5. The van der Waals surface area contributed by atoms with Gasteiger partial charge in [-0.05, 0) is 13.8 Å². The maximum atomic E-state index is 12.5. The van der Waals surface area contributed by atoms with Crippen molar-refractivity contribution in [3.8, 4) is 0 Å². The van der Waals surface area contributed by atoms with E-state index >= 15 is 0 Å². The van der Waals surface area contributed by atoms with Gasteiger partial charge in [0.1, 0.15) is 18.7 Å². The number of methoxy groups -OCH3 is 1. The maximum absolute atomic E-state index is 12.5. The molecule has 8 heteroatoms. The highest BCUT2D eigenvalue weighted by Gasteiger charge is 2.39. The summed E-state index contributed by atoms with van der Waals surface area (Å²) in [5.74, 6) is -1.48. The van der Waals surface area contributed by atoms with Crippen LogP contribution in [0.1, 0.15) is 13.8 Å². The number of amides is 2. The number of halogens is 3. The third-order valence-corrected chi connectivity index (χ3v) is 2.51. The van der Waals surface area contributed by atoms with E-state index in [9.17, 15) is 22.8 Å². The van der Waals surface area contributed by atoms with Gasteiger partial charge in [-0.1, -0.05) is 0 Å². The lowest BCUT2D eigenvalue weighted by molar-refractivity contribution is -0.175. The van der Waals surface area contributed by atoms with Crippen LogP contribution in [0.2, 0.25) is 0 Å². The van der Waals surface area contributed by atoms with Crippen molar-refractivity contribution in [2.24, 2.45) is 0 Å². The smallest absolute Gasteiger partial charge is 0.369 e. The highest BCUT2D eigenvalue weighted by Crippen LogP contribution is 2.20. The van der Waals surface area contributed by atoms with E-state index in [1.165, 1.54) is 35.1 Å². The lowest BCUT2D eigenvalue weighted by atomic mass is 10.1. The predicted octanol–water partition coefficient (Wildman–Crippen LogP) is 0.891. The van der Waals surface area contributed by atoms with Crippen molar-refractivity contribution in [1.82, 2.24) is 9.80 Å². The van der Waals surface area contributed by atoms with E-state index < -0.39 is 36.7 Å². The molecule has 112 valence electrons. The van der Waals surface area contributed by atoms with Crippen LogP contribution in [0.4, 0.5) is 13.2 Å². The van der Waals surface area contributed by atoms with Gasteiger partial charge in [0.2, 0.25) is 5.91 Å². The van der Waals surface area contributed by atoms with Crippen LogP contribution in [0.5, 0.6) is 0 Å². The van der Waals surface area contributed by atoms with Crippen molar-refractivity contribution < 1.29 is 27.5 Å². The standard InChI is InChI=1S/C11H19F3N2O3/c1-10(2,19-5)9(18)16(7-11(12,13)14)6-8(17)15(3)4/h6-7H2,1-5H3. The summed E-state index contributed by atoms with van der Waals surface area (Å²) in [4.78, 5) is 25.0. The van der Waals surface area contributed by atoms with E-state index in [0.717, 1.165) is 4.90 Å². The largest absolute Gasteiger partial charge is 0.406 e. The summed E-state index contributed by atoms with van der Waals surface area (Å²) >= 11 is 0. The summed E-state index contributed by atoms with van der Waals surface area (Å²) in [6.07, 6.45) is -4.58. The maximum Gasteiger partial charge on any atom is 0.406 e. The zero-order valence-electron chi connectivity index (χ0n) is 11.7. The van der Waals surface area contributed by atoms with Crippen LogP contribution in [0, 0.1) is 0 Å². The first-order chi connectivity index (χ1) is 8.40. The van der Waals surface area contributed by atoms with Crippen molar-refractivity contribution in [3.05, 3.63) is 0 Å². The number of carbonyl (C=O) groups is 2. The van der Waals surface area contributed by atoms with Crippen molar-refractivity contribution in [1.29, 1.82) is 0 Å². The fourth-order valence-corrected chi connectivity index (χ4v) is 1.19. The molecule has 0 spiro atoms. The molecule has 0 aromatic heterocycles. The number of alkyl halides is 3. The highest BCUT2D eigenvalue weighted by molar-refractivity contribution is 5.89. The van der Waals surface area contributed by atoms with E-state index in [1.807, 2.05) is 0 Å². The van der Waals surface area contributed by atoms with Crippen LogP contribution in [0.25, 0.3) is 0 Å². The molecule has 0 bridgehead atoms. The Kier molecular flexibility index (Phi) is 5.80. The number of hydrogen-bond acceptors (Lipinski definition) is 3. The third-order valence-electron chi connectivity index (χ3n) is 2.51. The van der Waals surface area contributed by atoms with Gasteiger partial charge >= 0.3 is 6.18 Å². The molecule has 0 aliphatic carbocycles. The Labute approximate surface area is 110 Å². The lowest BCUT2D eigenvalue weighted by Gasteiger charge is -2.31. The van der Waals surface area contributed by atoms with E-state index in [1.54, 1.807) is 0 Å². The first kappa shape index (κ1) is 17.7. The third kappa shape index (κ3) is 5.91. The van der Waals surface area contributed by atoms with Crippen molar-refractivity contribution in [2.75, 3.05) is 34.3 Å². The molecule has 0 atom stereocenters. The fourth-order valence-electron chi connectivity index (χ4n) is 1.19. The quantitative estimate of drug-likeness (QED) is 0.753. The Bertz CT molecular complexity index is 341. The molecule has 5 nitrogen and oxygen atoms in total. The lowest BCUT2D eigenvalue weighted by Crippen LogP contribution is -2.52. The monoisotopic (exact) mass is 284 g/mol. The fraction of sp³-hybridized carbons (Fsp3) is 0.818. The molecule has 0 aliphatic rings. The molecular weight excluding hydrogens is 265 g/mol. The second-order valence-corrected chi connectivity index (χ2v) is 4.78. The summed E-state index contributed by atoms with van der Waals surface area (Å²) in [5.41, 5.74) is -1.42. The predicted molar refractivity (Wildman–Crippen MR) is 62.4 cm³/mol. The minimum absolute atomic E-state index is 0.450. The van der Waals surface area contributed by atoms with E-state index in [-0.39, 0.29) is 0 Å². The molecule has 0 saturated carbocycles. The normalized spacial score (nSPS) is 12.2. The SMILES string of the molecule is COC(C)(C)C(=O)N(CC(=O)N(C)C)CC(F)(F)F. The molecule has 0 unspecified atom stereocenters. The van der Waals surface area contributed by atoms with E-state index in [4.69, 9.17) is 4.74 Å². The molecule has 0 aromatic carbocycles. The zero-order chi connectivity index (χ0) is 15.4. The van der Waals surface area contributed by atoms with Gasteiger partial charge in [0.15, 0.2) is 0 Å². The molecule has 19 heavy (non-hydrogen) atoms. The number of nitrogens with zero attached hydrogens (tertiary/aromatic N) is 2. The van der Waals surface area contributed by atoms with E-state index in [2.05, 4.69) is 0 Å². The van der Waals surface area contributed by atoms with Gasteiger partial charge in [-0.15, -0.1) is 0 Å². The Morgan fingerprint density at radius 2 is 1.63 bits per heavy atom. The molecule has 0 aromatic rings. The van der Waals surface area contributed by atoms with Crippen molar-refractivity contribution in [3.63, 3.8) is 0 Å². The Morgan fingerprint density at radius 3 is 1.95 bits per heavy atom. The van der Waals surface area contributed by atoms with Gasteiger partial charge in [-0.2, -0.15) is 13.2 Å². The van der Waals surface area contributed by atoms with Gasteiger partial charge in [0.05, 0.1) is 0 Å². The number of hydrogen-bond donors (Lipinski definition) is 0. The summed E-state index contributed by atoms with van der Waals surface area (Å²) in [6.45, 7) is 0.564. The molecule has 0 radical (unpaired) electrons. The topological polar surface area (TPSA) is 49.9 Å². The average molecular weight is 284 g/mol.